The lowest BCUT2D eigenvalue weighted by Crippen LogP contribution is -2.21. The van der Waals surface area contributed by atoms with Gasteiger partial charge in [-0.1, -0.05) is 6.07 Å². The molecule has 1 heterocycles. The van der Waals surface area contributed by atoms with Crippen LogP contribution < -0.4 is 0 Å². The maximum absolute atomic E-state index is 10.5. The van der Waals surface area contributed by atoms with E-state index in [-0.39, 0.29) is 6.04 Å². The first kappa shape index (κ1) is 8.87. The lowest BCUT2D eigenvalue weighted by Gasteiger charge is -2.16. The lowest BCUT2D eigenvalue weighted by atomic mass is 10.2. The highest BCUT2D eigenvalue weighted by Crippen LogP contribution is 2.11. The third kappa shape index (κ3) is 1.89. The third-order valence-electron chi connectivity index (χ3n) is 1.60. The Bertz CT molecular complexity index is 246. The van der Waals surface area contributed by atoms with Crippen LogP contribution in [0.1, 0.15) is 11.7 Å². The fourth-order valence-electron chi connectivity index (χ4n) is 0.968. The first-order valence-electron chi connectivity index (χ1n) is 3.70. The highest BCUT2D eigenvalue weighted by molar-refractivity contribution is 5.60. The minimum atomic E-state index is -0.355. The zero-order valence-electron chi connectivity index (χ0n) is 7.19. The van der Waals surface area contributed by atoms with Gasteiger partial charge >= 0.3 is 0 Å². The standard InChI is InChI=1S/C9H11N2O/c1-11(2)9(7-12)8-5-3-4-6-10-8/h3-6,9H,1-2H3. The van der Waals surface area contributed by atoms with Crippen molar-refractivity contribution in [2.45, 2.75) is 6.04 Å². The number of hydrogen-bond donors (Lipinski definition) is 0. The molecule has 0 aromatic carbocycles. The molecule has 12 heavy (non-hydrogen) atoms. The maximum atomic E-state index is 10.5. The normalized spacial score (nSPS) is 12.9. The predicted octanol–water partition coefficient (Wildman–Crippen LogP) is 0.794. The van der Waals surface area contributed by atoms with Crippen LogP contribution in [-0.4, -0.2) is 30.3 Å². The number of pyridine rings is 1. The summed E-state index contributed by atoms with van der Waals surface area (Å²) < 4.78 is 0. The van der Waals surface area contributed by atoms with Gasteiger partial charge in [-0.3, -0.25) is 14.7 Å². The molecule has 0 aliphatic rings. The van der Waals surface area contributed by atoms with E-state index in [4.69, 9.17) is 0 Å². The first-order valence-corrected chi connectivity index (χ1v) is 3.70. The van der Waals surface area contributed by atoms with Crippen LogP contribution in [0.5, 0.6) is 0 Å². The Hall–Kier alpha value is -1.22. The molecule has 1 radical (unpaired) electrons. The zero-order chi connectivity index (χ0) is 8.97. The molecule has 0 fully saturated rings. The van der Waals surface area contributed by atoms with E-state index in [0.717, 1.165) is 5.69 Å². The van der Waals surface area contributed by atoms with E-state index >= 15 is 0 Å². The molecule has 0 N–H and O–H groups in total. The average Bonchev–Trinajstić information content (AvgIpc) is 2.07. The fraction of sp³-hybridized carbons (Fsp3) is 0.333. The Labute approximate surface area is 72.0 Å². The number of nitrogens with zero attached hydrogens (tertiary/aromatic N) is 2. The van der Waals surface area contributed by atoms with Crippen molar-refractivity contribution in [1.29, 1.82) is 0 Å². The van der Waals surface area contributed by atoms with Gasteiger partial charge in [-0.2, -0.15) is 0 Å². The second kappa shape index (κ2) is 3.97. The summed E-state index contributed by atoms with van der Waals surface area (Å²) in [5, 5.41) is 0. The molecular formula is C9H11N2O. The Kier molecular flexibility index (Phi) is 2.94. The van der Waals surface area contributed by atoms with Crippen molar-refractivity contribution >= 4 is 6.29 Å². The predicted molar refractivity (Wildman–Crippen MR) is 46.4 cm³/mol. The molecule has 1 aromatic rings. The smallest absolute Gasteiger partial charge is 0.223 e. The van der Waals surface area contributed by atoms with Gasteiger partial charge in [-0.25, -0.2) is 0 Å². The zero-order valence-corrected chi connectivity index (χ0v) is 7.19. The number of carbonyl (C=O) groups excluding carboxylic acids is 1. The van der Waals surface area contributed by atoms with Crippen LogP contribution in [0.4, 0.5) is 0 Å². The van der Waals surface area contributed by atoms with Gasteiger partial charge in [0.2, 0.25) is 6.29 Å². The molecule has 3 nitrogen and oxygen atoms in total. The van der Waals surface area contributed by atoms with Gasteiger partial charge in [0.05, 0.1) is 5.69 Å². The maximum Gasteiger partial charge on any atom is 0.223 e. The van der Waals surface area contributed by atoms with Gasteiger partial charge in [0, 0.05) is 6.20 Å². The van der Waals surface area contributed by atoms with E-state index < -0.39 is 0 Å². The molecule has 0 amide bonds. The van der Waals surface area contributed by atoms with Crippen molar-refractivity contribution < 1.29 is 4.79 Å². The van der Waals surface area contributed by atoms with E-state index in [0.29, 0.717) is 0 Å². The van der Waals surface area contributed by atoms with Crippen molar-refractivity contribution in [3.8, 4) is 0 Å². The minimum Gasteiger partial charge on any atom is -0.294 e. The SMILES string of the molecule is CN(C)C([C]=O)c1ccccn1. The van der Waals surface area contributed by atoms with E-state index in [2.05, 4.69) is 4.98 Å². The van der Waals surface area contributed by atoms with E-state index in [1.807, 2.05) is 38.6 Å². The van der Waals surface area contributed by atoms with Crippen LogP contribution >= 0.6 is 0 Å². The molecule has 1 atom stereocenters. The summed E-state index contributed by atoms with van der Waals surface area (Å²) >= 11 is 0. The van der Waals surface area contributed by atoms with Gasteiger partial charge in [0.25, 0.3) is 0 Å². The van der Waals surface area contributed by atoms with Crippen LogP contribution in [0.15, 0.2) is 24.4 Å². The Morgan fingerprint density at radius 2 is 2.25 bits per heavy atom. The number of aromatic nitrogens is 1. The molecule has 1 aromatic heterocycles. The number of rotatable bonds is 3. The average molecular weight is 163 g/mol. The molecule has 1 unspecified atom stereocenters. The molecule has 0 aliphatic carbocycles. The van der Waals surface area contributed by atoms with Crippen LogP contribution in [0.25, 0.3) is 0 Å². The van der Waals surface area contributed by atoms with Crippen molar-refractivity contribution in [2.24, 2.45) is 0 Å². The Morgan fingerprint density at radius 3 is 2.67 bits per heavy atom. The Morgan fingerprint density at radius 1 is 1.50 bits per heavy atom. The molecule has 3 heteroatoms. The molecule has 0 aliphatic heterocycles. The molecule has 1 rings (SSSR count). The molecule has 0 bridgehead atoms. The molecular weight excluding hydrogens is 152 g/mol. The quantitative estimate of drug-likeness (QED) is 0.660. The van der Waals surface area contributed by atoms with Crippen LogP contribution in [-0.2, 0) is 4.79 Å². The summed E-state index contributed by atoms with van der Waals surface area (Å²) in [5.41, 5.74) is 0.734. The van der Waals surface area contributed by atoms with Crippen LogP contribution in [0.3, 0.4) is 0 Å². The third-order valence-corrected chi connectivity index (χ3v) is 1.60. The minimum absolute atomic E-state index is 0.355. The monoisotopic (exact) mass is 163 g/mol. The summed E-state index contributed by atoms with van der Waals surface area (Å²) in [6.07, 6.45) is 3.60. The first-order chi connectivity index (χ1) is 5.75. The van der Waals surface area contributed by atoms with Gasteiger partial charge in [0.1, 0.15) is 6.04 Å². The topological polar surface area (TPSA) is 33.2 Å². The number of hydrogen-bond acceptors (Lipinski definition) is 3. The lowest BCUT2D eigenvalue weighted by molar-refractivity contribution is 0.350. The van der Waals surface area contributed by atoms with E-state index in [1.165, 1.54) is 0 Å². The van der Waals surface area contributed by atoms with Crippen LogP contribution in [0, 0.1) is 0 Å². The molecule has 63 valence electrons. The summed E-state index contributed by atoms with van der Waals surface area (Å²) in [6.45, 7) is 0. The van der Waals surface area contributed by atoms with Crippen molar-refractivity contribution in [2.75, 3.05) is 14.1 Å². The van der Waals surface area contributed by atoms with Gasteiger partial charge in [-0.05, 0) is 26.2 Å². The highest BCUT2D eigenvalue weighted by Gasteiger charge is 2.13. The van der Waals surface area contributed by atoms with E-state index in [9.17, 15) is 4.79 Å². The van der Waals surface area contributed by atoms with Gasteiger partial charge in [0.15, 0.2) is 0 Å². The largest absolute Gasteiger partial charge is 0.294 e. The molecule has 0 spiro atoms. The summed E-state index contributed by atoms with van der Waals surface area (Å²) in [6, 6.07) is 5.14. The van der Waals surface area contributed by atoms with Crippen LogP contribution in [0.2, 0.25) is 0 Å². The summed E-state index contributed by atoms with van der Waals surface area (Å²) in [7, 11) is 3.65. The van der Waals surface area contributed by atoms with Crippen molar-refractivity contribution in [1.82, 2.24) is 9.88 Å². The Balaban J connectivity index is 2.88. The molecule has 0 saturated heterocycles. The number of likely N-dealkylation sites (N-methyl/N-ethyl adjacent to an activating group) is 1. The second-order valence-corrected chi connectivity index (χ2v) is 2.74. The molecule has 0 saturated carbocycles. The summed E-state index contributed by atoms with van der Waals surface area (Å²) in [5.74, 6) is 0. The summed E-state index contributed by atoms with van der Waals surface area (Å²) in [4.78, 5) is 16.4. The highest BCUT2D eigenvalue weighted by atomic mass is 16.1. The van der Waals surface area contributed by atoms with E-state index in [1.54, 1.807) is 11.1 Å². The van der Waals surface area contributed by atoms with Crippen molar-refractivity contribution in [3.63, 3.8) is 0 Å². The van der Waals surface area contributed by atoms with Gasteiger partial charge < -0.3 is 0 Å². The van der Waals surface area contributed by atoms with Gasteiger partial charge in [-0.15, -0.1) is 0 Å². The second-order valence-electron chi connectivity index (χ2n) is 2.74. The van der Waals surface area contributed by atoms with Crippen molar-refractivity contribution in [3.05, 3.63) is 30.1 Å². The fourth-order valence-corrected chi connectivity index (χ4v) is 0.968.